The third kappa shape index (κ3) is 7.82. The van der Waals surface area contributed by atoms with E-state index >= 15 is 0 Å². The Morgan fingerprint density at radius 2 is 1.71 bits per heavy atom. The van der Waals surface area contributed by atoms with E-state index in [2.05, 4.69) is 19.2 Å². The zero-order chi connectivity index (χ0) is 21.3. The Kier molecular flexibility index (Phi) is 10.0. The highest BCUT2D eigenvalue weighted by atomic mass is 32.2. The predicted molar refractivity (Wildman–Crippen MR) is 118 cm³/mol. The number of hydrogen-bond acceptors (Lipinski definition) is 3. The number of anilines is 1. The van der Waals surface area contributed by atoms with Crippen LogP contribution in [0.4, 0.5) is 5.69 Å². The van der Waals surface area contributed by atoms with Crippen LogP contribution in [0.2, 0.25) is 0 Å². The number of unbranched alkanes of at least 4 members (excludes halogenated alkanes) is 1. The van der Waals surface area contributed by atoms with Crippen molar-refractivity contribution in [3.8, 4) is 0 Å². The molecule has 0 saturated heterocycles. The van der Waals surface area contributed by atoms with Gasteiger partial charge in [0.05, 0.1) is 11.9 Å². The lowest BCUT2D eigenvalue weighted by Gasteiger charge is -2.26. The minimum absolute atomic E-state index is 0.000694. The fourth-order valence-electron chi connectivity index (χ4n) is 3.68. The van der Waals surface area contributed by atoms with Crippen LogP contribution >= 0.6 is 0 Å². The fourth-order valence-corrected chi connectivity index (χ4v) is 4.76. The topological polar surface area (TPSA) is 66.5 Å². The summed E-state index contributed by atoms with van der Waals surface area (Å²) in [5.74, 6) is 0.523. The van der Waals surface area contributed by atoms with E-state index in [0.29, 0.717) is 31.8 Å². The molecule has 0 spiro atoms. The molecule has 0 radical (unpaired) electrons. The molecule has 1 N–H and O–H groups in total. The standard InChI is InChI=1S/C22H38N2O3S/c1-7-9-11-20(8-2)16-23-21(25)12-10-13-24(28(6,26)27)22-18(4)14-17(3)15-19(22)5/h14-15,20H,7-13,16H2,1-6H3,(H,23,25)/t20-/m0/s1. The molecule has 6 heteroatoms. The van der Waals surface area contributed by atoms with Crippen LogP contribution in [-0.4, -0.2) is 33.7 Å². The Morgan fingerprint density at radius 3 is 2.21 bits per heavy atom. The Bertz CT molecular complexity index is 721. The van der Waals surface area contributed by atoms with Crippen LogP contribution in [0.25, 0.3) is 0 Å². The maximum Gasteiger partial charge on any atom is 0.232 e. The number of carbonyl (C=O) groups excluding carboxylic acids is 1. The molecule has 0 saturated carbocycles. The van der Waals surface area contributed by atoms with Gasteiger partial charge in [0.15, 0.2) is 0 Å². The molecular formula is C22H38N2O3S. The summed E-state index contributed by atoms with van der Waals surface area (Å²) in [4.78, 5) is 12.2. The van der Waals surface area contributed by atoms with Crippen molar-refractivity contribution in [3.05, 3.63) is 28.8 Å². The SMILES string of the molecule is CCCC[C@H](CC)CNC(=O)CCCN(c1c(C)cc(C)cc1C)S(C)(=O)=O. The maximum absolute atomic E-state index is 12.4. The highest BCUT2D eigenvalue weighted by molar-refractivity contribution is 7.92. The van der Waals surface area contributed by atoms with Crippen LogP contribution in [0.15, 0.2) is 12.1 Å². The van der Waals surface area contributed by atoms with E-state index < -0.39 is 10.0 Å². The Labute approximate surface area is 172 Å². The molecule has 0 aliphatic rings. The van der Waals surface area contributed by atoms with Gasteiger partial charge in [0.1, 0.15) is 0 Å². The molecule has 1 aromatic rings. The first-order valence-electron chi connectivity index (χ1n) is 10.4. The third-order valence-corrected chi connectivity index (χ3v) is 6.35. The van der Waals surface area contributed by atoms with Gasteiger partial charge in [-0.05, 0) is 50.7 Å². The average Bonchev–Trinajstić information content (AvgIpc) is 2.58. The first kappa shape index (κ1) is 24.5. The van der Waals surface area contributed by atoms with Gasteiger partial charge >= 0.3 is 0 Å². The van der Waals surface area contributed by atoms with Crippen molar-refractivity contribution in [2.24, 2.45) is 5.92 Å². The molecular weight excluding hydrogens is 372 g/mol. The molecule has 0 aromatic heterocycles. The largest absolute Gasteiger partial charge is 0.356 e. The quantitative estimate of drug-likeness (QED) is 0.552. The van der Waals surface area contributed by atoms with Crippen molar-refractivity contribution in [3.63, 3.8) is 0 Å². The van der Waals surface area contributed by atoms with Gasteiger partial charge in [0.2, 0.25) is 15.9 Å². The molecule has 0 fully saturated rings. The molecule has 0 aliphatic carbocycles. The minimum Gasteiger partial charge on any atom is -0.356 e. The lowest BCUT2D eigenvalue weighted by atomic mass is 9.99. The summed E-state index contributed by atoms with van der Waals surface area (Å²) in [6.07, 6.45) is 6.62. The number of nitrogens with one attached hydrogen (secondary N) is 1. The predicted octanol–water partition coefficient (Wildman–Crippen LogP) is 4.49. The molecule has 1 aromatic carbocycles. The zero-order valence-electron chi connectivity index (χ0n) is 18.5. The van der Waals surface area contributed by atoms with Crippen LogP contribution < -0.4 is 9.62 Å². The van der Waals surface area contributed by atoms with Gasteiger partial charge in [0.25, 0.3) is 0 Å². The number of rotatable bonds is 12. The molecule has 0 heterocycles. The normalized spacial score (nSPS) is 12.6. The lowest BCUT2D eigenvalue weighted by Crippen LogP contribution is -2.34. The number of hydrogen-bond donors (Lipinski definition) is 1. The van der Waals surface area contributed by atoms with Gasteiger partial charge in [-0.1, -0.05) is 50.8 Å². The molecule has 160 valence electrons. The molecule has 0 aliphatic heterocycles. The summed E-state index contributed by atoms with van der Waals surface area (Å²) in [6, 6.07) is 3.99. The van der Waals surface area contributed by atoms with E-state index in [1.165, 1.54) is 23.4 Å². The maximum atomic E-state index is 12.4. The van der Waals surface area contributed by atoms with E-state index in [1.807, 2.05) is 32.9 Å². The summed E-state index contributed by atoms with van der Waals surface area (Å²) < 4.78 is 26.2. The summed E-state index contributed by atoms with van der Waals surface area (Å²) in [5, 5.41) is 3.02. The molecule has 0 bridgehead atoms. The molecule has 1 amide bonds. The van der Waals surface area contributed by atoms with Crippen molar-refractivity contribution >= 4 is 21.6 Å². The van der Waals surface area contributed by atoms with Gasteiger partial charge in [-0.25, -0.2) is 8.42 Å². The van der Waals surface area contributed by atoms with E-state index in [9.17, 15) is 13.2 Å². The number of nitrogens with zero attached hydrogens (tertiary/aromatic N) is 1. The second-order valence-electron chi connectivity index (χ2n) is 7.91. The summed E-state index contributed by atoms with van der Waals surface area (Å²) >= 11 is 0. The zero-order valence-corrected chi connectivity index (χ0v) is 19.3. The van der Waals surface area contributed by atoms with Crippen LogP contribution in [0.3, 0.4) is 0 Å². The van der Waals surface area contributed by atoms with Gasteiger partial charge < -0.3 is 5.32 Å². The lowest BCUT2D eigenvalue weighted by molar-refractivity contribution is -0.121. The molecule has 1 atom stereocenters. The third-order valence-electron chi connectivity index (χ3n) is 5.18. The van der Waals surface area contributed by atoms with E-state index in [0.717, 1.165) is 35.2 Å². The van der Waals surface area contributed by atoms with Gasteiger partial charge in [-0.2, -0.15) is 0 Å². The van der Waals surface area contributed by atoms with Crippen molar-refractivity contribution in [1.82, 2.24) is 5.32 Å². The van der Waals surface area contributed by atoms with Gasteiger partial charge in [-0.3, -0.25) is 9.10 Å². The smallest absolute Gasteiger partial charge is 0.232 e. The van der Waals surface area contributed by atoms with Crippen LogP contribution in [-0.2, 0) is 14.8 Å². The highest BCUT2D eigenvalue weighted by Gasteiger charge is 2.21. The number of amides is 1. The molecule has 0 unspecified atom stereocenters. The van der Waals surface area contributed by atoms with Crippen molar-refractivity contribution in [2.45, 2.75) is 73.1 Å². The average molecular weight is 411 g/mol. The summed E-state index contributed by atoms with van der Waals surface area (Å²) in [7, 11) is -3.41. The van der Waals surface area contributed by atoms with Crippen molar-refractivity contribution in [1.29, 1.82) is 0 Å². The van der Waals surface area contributed by atoms with Crippen LogP contribution in [0, 0.1) is 26.7 Å². The number of sulfonamides is 1. The van der Waals surface area contributed by atoms with E-state index in [-0.39, 0.29) is 5.91 Å². The second kappa shape index (κ2) is 11.4. The number of aryl methyl sites for hydroxylation is 3. The molecule has 1 rings (SSSR count). The Morgan fingerprint density at radius 1 is 1.11 bits per heavy atom. The molecule has 5 nitrogen and oxygen atoms in total. The van der Waals surface area contributed by atoms with Gasteiger partial charge in [-0.15, -0.1) is 0 Å². The Balaban J connectivity index is 2.68. The second-order valence-corrected chi connectivity index (χ2v) is 9.81. The van der Waals surface area contributed by atoms with Crippen LogP contribution in [0.5, 0.6) is 0 Å². The number of carbonyl (C=O) groups is 1. The first-order valence-corrected chi connectivity index (χ1v) is 12.3. The van der Waals surface area contributed by atoms with Crippen molar-refractivity contribution in [2.75, 3.05) is 23.7 Å². The minimum atomic E-state index is -3.41. The van der Waals surface area contributed by atoms with Crippen LogP contribution in [0.1, 0.15) is 69.1 Å². The summed E-state index contributed by atoms with van der Waals surface area (Å²) in [5.41, 5.74) is 3.72. The fraction of sp³-hybridized carbons (Fsp3) is 0.682. The molecule has 28 heavy (non-hydrogen) atoms. The monoisotopic (exact) mass is 410 g/mol. The highest BCUT2D eigenvalue weighted by Crippen LogP contribution is 2.28. The van der Waals surface area contributed by atoms with Crippen molar-refractivity contribution < 1.29 is 13.2 Å². The first-order chi connectivity index (χ1) is 13.1. The van der Waals surface area contributed by atoms with E-state index in [4.69, 9.17) is 0 Å². The van der Waals surface area contributed by atoms with Gasteiger partial charge in [0, 0.05) is 19.5 Å². The number of benzene rings is 1. The summed E-state index contributed by atoms with van der Waals surface area (Å²) in [6.45, 7) is 11.2. The van der Waals surface area contributed by atoms with E-state index in [1.54, 1.807) is 0 Å². The Hall–Kier alpha value is -1.56.